The fourth-order valence-corrected chi connectivity index (χ4v) is 3.34. The van der Waals surface area contributed by atoms with Gasteiger partial charge in [0.25, 0.3) is 11.1 Å². The lowest BCUT2D eigenvalue weighted by molar-refractivity contribution is 0.102. The van der Waals surface area contributed by atoms with E-state index in [1.807, 2.05) is 32.0 Å². The second kappa shape index (κ2) is 7.09. The number of rotatable bonds is 7. The maximum atomic E-state index is 12.5. The summed E-state index contributed by atoms with van der Waals surface area (Å²) in [5.41, 5.74) is 3.69. The van der Waals surface area contributed by atoms with Gasteiger partial charge < -0.3 is 14.0 Å². The Morgan fingerprint density at radius 1 is 1.38 bits per heavy atom. The van der Waals surface area contributed by atoms with Gasteiger partial charge in [0.1, 0.15) is 5.69 Å². The Bertz CT molecular complexity index is 833. The molecule has 0 atom stereocenters. The number of nitrogens with one attached hydrogen (secondary N) is 1. The van der Waals surface area contributed by atoms with Gasteiger partial charge in [-0.05, 0) is 38.5 Å². The minimum atomic E-state index is 0.0788. The fourth-order valence-electron chi connectivity index (χ4n) is 2.70. The molecule has 0 fully saturated rings. The van der Waals surface area contributed by atoms with E-state index in [0.29, 0.717) is 11.1 Å². The number of aryl methyl sites for hydroxylation is 1. The number of carbonyl (C=O) groups is 1. The molecule has 0 bridgehead atoms. The van der Waals surface area contributed by atoms with Crippen LogP contribution < -0.4 is 0 Å². The molecule has 0 amide bonds. The number of thioether (sulfide) groups is 1. The van der Waals surface area contributed by atoms with Crippen LogP contribution in [-0.4, -0.2) is 31.3 Å². The zero-order valence-corrected chi connectivity index (χ0v) is 14.8. The van der Waals surface area contributed by atoms with Crippen molar-refractivity contribution in [3.63, 3.8) is 0 Å². The number of aromatic nitrogens is 4. The predicted molar refractivity (Wildman–Crippen MR) is 93.3 cm³/mol. The number of Topliss-reactive ketones (excluding diaryl/α,β-unsaturated/α-hetero) is 1. The number of aromatic amines is 1. The first-order valence-electron chi connectivity index (χ1n) is 7.90. The molecule has 0 saturated heterocycles. The van der Waals surface area contributed by atoms with E-state index < -0.39 is 0 Å². The molecule has 3 aromatic heterocycles. The summed E-state index contributed by atoms with van der Waals surface area (Å²) in [6.45, 7) is 7.10. The van der Waals surface area contributed by atoms with Gasteiger partial charge in [-0.25, -0.2) is 0 Å². The van der Waals surface area contributed by atoms with Crippen LogP contribution in [0.5, 0.6) is 0 Å². The summed E-state index contributed by atoms with van der Waals surface area (Å²) < 4.78 is 7.75. The van der Waals surface area contributed by atoms with Gasteiger partial charge >= 0.3 is 0 Å². The first-order chi connectivity index (χ1) is 11.6. The van der Waals surface area contributed by atoms with Crippen molar-refractivity contribution < 1.29 is 9.21 Å². The smallest absolute Gasteiger partial charge is 0.277 e. The molecule has 7 heteroatoms. The maximum Gasteiger partial charge on any atom is 0.277 e. The van der Waals surface area contributed by atoms with Crippen molar-refractivity contribution in [2.75, 3.05) is 5.75 Å². The number of hydrogen-bond acceptors (Lipinski definition) is 5. The van der Waals surface area contributed by atoms with Crippen molar-refractivity contribution in [1.29, 1.82) is 0 Å². The first-order valence-corrected chi connectivity index (χ1v) is 8.88. The van der Waals surface area contributed by atoms with E-state index in [4.69, 9.17) is 4.42 Å². The summed E-state index contributed by atoms with van der Waals surface area (Å²) in [6.07, 6.45) is 2.84. The Morgan fingerprint density at radius 2 is 2.21 bits per heavy atom. The van der Waals surface area contributed by atoms with Crippen LogP contribution in [-0.2, 0) is 6.54 Å². The highest BCUT2D eigenvalue weighted by Gasteiger charge is 2.17. The van der Waals surface area contributed by atoms with Gasteiger partial charge in [0.2, 0.25) is 0 Å². The summed E-state index contributed by atoms with van der Waals surface area (Å²) in [5.74, 6) is 0.786. The lowest BCUT2D eigenvalue weighted by Crippen LogP contribution is -2.06. The monoisotopic (exact) mass is 344 g/mol. The topological polar surface area (TPSA) is 76.7 Å². The molecule has 0 aromatic carbocycles. The summed E-state index contributed by atoms with van der Waals surface area (Å²) in [4.78, 5) is 15.5. The van der Waals surface area contributed by atoms with Crippen molar-refractivity contribution in [3.05, 3.63) is 41.3 Å². The molecule has 24 heavy (non-hydrogen) atoms. The third kappa shape index (κ3) is 3.31. The van der Waals surface area contributed by atoms with Gasteiger partial charge in [0.15, 0.2) is 5.78 Å². The maximum absolute atomic E-state index is 12.5. The second-order valence-electron chi connectivity index (χ2n) is 5.61. The average Bonchev–Trinajstić information content (AvgIpc) is 3.29. The standard InChI is InChI=1S/C17H20N4O2S/c1-4-8-21-11(2)9-13(12(21)3)15(22)10-24-17-20-19-16(23-17)14-6-5-7-18-14/h5-7,9,18H,4,8,10H2,1-3H3. The van der Waals surface area contributed by atoms with Crippen molar-refractivity contribution in [3.8, 4) is 11.6 Å². The molecule has 0 unspecified atom stereocenters. The average molecular weight is 344 g/mol. The van der Waals surface area contributed by atoms with Gasteiger partial charge in [-0.2, -0.15) is 0 Å². The fraction of sp³-hybridized carbons (Fsp3) is 0.353. The molecule has 3 rings (SSSR count). The second-order valence-corrected chi connectivity index (χ2v) is 6.53. The van der Waals surface area contributed by atoms with E-state index in [2.05, 4.69) is 26.7 Å². The number of H-pyrrole nitrogens is 1. The Balaban J connectivity index is 1.67. The molecule has 1 N–H and O–H groups in total. The normalized spacial score (nSPS) is 11.1. The Kier molecular flexibility index (Phi) is 4.89. The van der Waals surface area contributed by atoms with Crippen LogP contribution >= 0.6 is 11.8 Å². The SMILES string of the molecule is CCCn1c(C)cc(C(=O)CSc2nnc(-c3ccc[nH]3)o2)c1C. The van der Waals surface area contributed by atoms with E-state index in [9.17, 15) is 4.79 Å². The quantitative estimate of drug-likeness (QED) is 0.520. The third-order valence-corrected chi connectivity index (χ3v) is 4.70. The van der Waals surface area contributed by atoms with E-state index in [1.54, 1.807) is 6.20 Å². The molecule has 0 aliphatic heterocycles. The van der Waals surface area contributed by atoms with E-state index in [-0.39, 0.29) is 11.5 Å². The van der Waals surface area contributed by atoms with Crippen LogP contribution in [0.15, 0.2) is 34.0 Å². The predicted octanol–water partition coefficient (Wildman–Crippen LogP) is 3.87. The summed E-state index contributed by atoms with van der Waals surface area (Å²) >= 11 is 1.27. The third-order valence-electron chi connectivity index (χ3n) is 3.88. The van der Waals surface area contributed by atoms with Crippen LogP contribution in [0.2, 0.25) is 0 Å². The largest absolute Gasteiger partial charge is 0.410 e. The molecule has 3 aromatic rings. The molecule has 0 radical (unpaired) electrons. The summed E-state index contributed by atoms with van der Waals surface area (Å²) in [6, 6.07) is 5.68. The summed E-state index contributed by atoms with van der Waals surface area (Å²) in [7, 11) is 0. The van der Waals surface area contributed by atoms with Gasteiger partial charge in [-0.3, -0.25) is 4.79 Å². The Morgan fingerprint density at radius 3 is 2.92 bits per heavy atom. The zero-order chi connectivity index (χ0) is 17.1. The molecule has 0 aliphatic carbocycles. The Hall–Kier alpha value is -2.28. The van der Waals surface area contributed by atoms with Gasteiger partial charge in [-0.15, -0.1) is 10.2 Å². The molecular weight excluding hydrogens is 324 g/mol. The minimum Gasteiger partial charge on any atom is -0.410 e. The molecule has 3 heterocycles. The highest BCUT2D eigenvalue weighted by atomic mass is 32.2. The first kappa shape index (κ1) is 16.6. The Labute approximate surface area is 144 Å². The van der Waals surface area contributed by atoms with Gasteiger partial charge in [0, 0.05) is 29.7 Å². The van der Waals surface area contributed by atoms with Crippen LogP contribution in [0, 0.1) is 13.8 Å². The molecule has 0 aliphatic rings. The lowest BCUT2D eigenvalue weighted by Gasteiger charge is -2.07. The molecule has 6 nitrogen and oxygen atoms in total. The van der Waals surface area contributed by atoms with Gasteiger partial charge in [0.05, 0.1) is 5.75 Å². The summed E-state index contributed by atoms with van der Waals surface area (Å²) in [5, 5.41) is 8.37. The van der Waals surface area contributed by atoms with Crippen LogP contribution in [0.3, 0.4) is 0 Å². The molecule has 0 saturated carbocycles. The number of ketones is 1. The van der Waals surface area contributed by atoms with E-state index in [0.717, 1.165) is 35.6 Å². The van der Waals surface area contributed by atoms with Crippen molar-refractivity contribution in [2.45, 2.75) is 39.0 Å². The van der Waals surface area contributed by atoms with Crippen LogP contribution in [0.1, 0.15) is 35.1 Å². The van der Waals surface area contributed by atoms with Crippen molar-refractivity contribution >= 4 is 17.5 Å². The minimum absolute atomic E-state index is 0.0788. The number of nitrogens with zero attached hydrogens (tertiary/aromatic N) is 3. The number of carbonyl (C=O) groups excluding carboxylic acids is 1. The molecule has 126 valence electrons. The lowest BCUT2D eigenvalue weighted by atomic mass is 10.2. The van der Waals surface area contributed by atoms with Crippen LogP contribution in [0.25, 0.3) is 11.6 Å². The molecule has 0 spiro atoms. The van der Waals surface area contributed by atoms with Gasteiger partial charge in [-0.1, -0.05) is 18.7 Å². The van der Waals surface area contributed by atoms with Crippen molar-refractivity contribution in [2.24, 2.45) is 0 Å². The van der Waals surface area contributed by atoms with Crippen molar-refractivity contribution in [1.82, 2.24) is 19.7 Å². The molecular formula is C17H20N4O2S. The highest BCUT2D eigenvalue weighted by molar-refractivity contribution is 7.99. The zero-order valence-electron chi connectivity index (χ0n) is 14.0. The van der Waals surface area contributed by atoms with E-state index in [1.165, 1.54) is 11.8 Å². The number of hydrogen-bond donors (Lipinski definition) is 1. The van der Waals surface area contributed by atoms with Crippen LogP contribution in [0.4, 0.5) is 0 Å². The highest BCUT2D eigenvalue weighted by Crippen LogP contribution is 2.24. The van der Waals surface area contributed by atoms with E-state index >= 15 is 0 Å².